The number of nitrogens with zero attached hydrogens (tertiary/aromatic N) is 1. The molecule has 2 rings (SSSR count). The summed E-state index contributed by atoms with van der Waals surface area (Å²) in [5.41, 5.74) is -0.442. The number of hydrogen-bond acceptors (Lipinski definition) is 3. The molecule has 1 amide bonds. The number of hydrogen-bond donors (Lipinski definition) is 2. The fraction of sp³-hybridized carbons (Fsp3) is 0.467. The van der Waals surface area contributed by atoms with Crippen LogP contribution in [0.3, 0.4) is 0 Å². The van der Waals surface area contributed by atoms with E-state index in [9.17, 15) is 15.2 Å². The van der Waals surface area contributed by atoms with Gasteiger partial charge < -0.3 is 10.4 Å². The van der Waals surface area contributed by atoms with Crippen LogP contribution in [0.25, 0.3) is 0 Å². The molecule has 0 aliphatic heterocycles. The summed E-state index contributed by atoms with van der Waals surface area (Å²) < 4.78 is 0. The van der Waals surface area contributed by atoms with Gasteiger partial charge in [0.05, 0.1) is 12.2 Å². The Balaban J connectivity index is 1.99. The molecule has 1 aliphatic carbocycles. The molecule has 21 heavy (non-hydrogen) atoms. The van der Waals surface area contributed by atoms with Gasteiger partial charge in [0.25, 0.3) is 0 Å². The predicted molar refractivity (Wildman–Crippen MR) is 80.9 cm³/mol. The predicted octanol–water partition coefficient (Wildman–Crippen LogP) is 3.23. The monoisotopic (exact) mass is 326 g/mol. The number of aliphatic hydroxyl groups excluding tert-OH is 1. The molecular formula is C15H16Cl2N2O2. The maximum atomic E-state index is 12.2. The third-order valence-corrected chi connectivity index (χ3v) is 4.45. The number of amides is 1. The van der Waals surface area contributed by atoms with Crippen molar-refractivity contribution >= 4 is 29.1 Å². The molecule has 0 bridgehead atoms. The second kappa shape index (κ2) is 6.65. The Hall–Kier alpha value is -1.28. The fourth-order valence-electron chi connectivity index (χ4n) is 2.61. The van der Waals surface area contributed by atoms with Crippen LogP contribution in [0.15, 0.2) is 18.2 Å². The van der Waals surface area contributed by atoms with Crippen molar-refractivity contribution in [3.63, 3.8) is 0 Å². The molecule has 2 N–H and O–H groups in total. The Labute approximate surface area is 133 Å². The van der Waals surface area contributed by atoms with Crippen LogP contribution in [0, 0.1) is 16.7 Å². The number of carbonyl (C=O) groups is 1. The Morgan fingerprint density at radius 2 is 2.10 bits per heavy atom. The van der Waals surface area contributed by atoms with Crippen LogP contribution in [0.1, 0.15) is 37.4 Å². The average Bonchev–Trinajstić information content (AvgIpc) is 2.94. The van der Waals surface area contributed by atoms with Gasteiger partial charge >= 0.3 is 0 Å². The minimum atomic E-state index is -0.941. The van der Waals surface area contributed by atoms with Crippen LogP contribution < -0.4 is 5.32 Å². The summed E-state index contributed by atoms with van der Waals surface area (Å²) in [7, 11) is 0. The van der Waals surface area contributed by atoms with Gasteiger partial charge in [-0.1, -0.05) is 42.1 Å². The van der Waals surface area contributed by atoms with Crippen LogP contribution >= 0.6 is 23.2 Å². The number of aliphatic hydroxyl groups is 1. The lowest BCUT2D eigenvalue weighted by molar-refractivity contribution is -0.128. The van der Waals surface area contributed by atoms with Gasteiger partial charge in [-0.2, -0.15) is 5.26 Å². The zero-order valence-corrected chi connectivity index (χ0v) is 12.9. The van der Waals surface area contributed by atoms with E-state index in [2.05, 4.69) is 11.4 Å². The number of rotatable bonds is 4. The van der Waals surface area contributed by atoms with Crippen LogP contribution in [-0.2, 0) is 4.79 Å². The molecule has 0 saturated heterocycles. The lowest BCUT2D eigenvalue weighted by atomic mass is 9.87. The molecule has 0 unspecified atom stereocenters. The first-order valence-electron chi connectivity index (χ1n) is 6.81. The summed E-state index contributed by atoms with van der Waals surface area (Å²) in [6.45, 7) is 0.0175. The lowest BCUT2D eigenvalue weighted by Crippen LogP contribution is -2.40. The van der Waals surface area contributed by atoms with Gasteiger partial charge in [-0.15, -0.1) is 0 Å². The summed E-state index contributed by atoms with van der Waals surface area (Å²) in [6, 6.07) is 6.91. The largest absolute Gasteiger partial charge is 0.387 e. The van der Waals surface area contributed by atoms with E-state index in [1.807, 2.05) is 0 Å². The topological polar surface area (TPSA) is 73.1 Å². The van der Waals surface area contributed by atoms with E-state index in [4.69, 9.17) is 23.2 Å². The average molecular weight is 327 g/mol. The van der Waals surface area contributed by atoms with Crippen molar-refractivity contribution in [1.29, 1.82) is 5.26 Å². The van der Waals surface area contributed by atoms with Gasteiger partial charge in [0.1, 0.15) is 5.41 Å². The zero-order chi connectivity index (χ0) is 15.5. The van der Waals surface area contributed by atoms with Gasteiger partial charge in [0.15, 0.2) is 0 Å². The normalized spacial score (nSPS) is 18.0. The van der Waals surface area contributed by atoms with Crippen molar-refractivity contribution in [2.24, 2.45) is 5.41 Å². The number of halogens is 2. The molecule has 0 radical (unpaired) electrons. The molecule has 1 fully saturated rings. The van der Waals surface area contributed by atoms with Crippen molar-refractivity contribution in [1.82, 2.24) is 5.32 Å². The Kier molecular flexibility index (Phi) is 5.10. The second-order valence-electron chi connectivity index (χ2n) is 5.29. The van der Waals surface area contributed by atoms with Gasteiger partial charge in [0.2, 0.25) is 5.91 Å². The highest BCUT2D eigenvalue weighted by Crippen LogP contribution is 2.37. The standard InChI is InChI=1S/C15H16Cl2N2O2/c16-10-3-4-11(12(17)7-10)13(20)8-19-14(21)15(9-18)5-1-2-6-15/h3-4,7,13,20H,1-2,5-6,8H2,(H,19,21)/t13-/m1/s1. The van der Waals surface area contributed by atoms with Gasteiger partial charge in [-0.25, -0.2) is 0 Å². The van der Waals surface area contributed by atoms with E-state index in [0.29, 0.717) is 28.5 Å². The van der Waals surface area contributed by atoms with Crippen LogP contribution in [0.2, 0.25) is 10.0 Å². The van der Waals surface area contributed by atoms with Crippen molar-refractivity contribution < 1.29 is 9.90 Å². The minimum absolute atomic E-state index is 0.0175. The molecule has 1 atom stereocenters. The van der Waals surface area contributed by atoms with E-state index in [-0.39, 0.29) is 12.5 Å². The van der Waals surface area contributed by atoms with Crippen molar-refractivity contribution in [3.8, 4) is 6.07 Å². The molecule has 4 nitrogen and oxygen atoms in total. The molecule has 1 saturated carbocycles. The number of nitriles is 1. The van der Waals surface area contributed by atoms with Crippen LogP contribution in [-0.4, -0.2) is 17.6 Å². The maximum absolute atomic E-state index is 12.2. The molecule has 1 aliphatic rings. The molecule has 0 heterocycles. The van der Waals surface area contributed by atoms with Gasteiger partial charge in [0, 0.05) is 22.2 Å². The number of nitrogens with one attached hydrogen (secondary N) is 1. The molecule has 1 aromatic rings. The molecule has 0 aromatic heterocycles. The summed E-state index contributed by atoms with van der Waals surface area (Å²) in [5, 5.41) is 22.8. The Morgan fingerprint density at radius 1 is 1.43 bits per heavy atom. The van der Waals surface area contributed by atoms with Crippen molar-refractivity contribution in [3.05, 3.63) is 33.8 Å². The first-order valence-corrected chi connectivity index (χ1v) is 7.57. The van der Waals surface area contributed by atoms with Crippen molar-refractivity contribution in [2.75, 3.05) is 6.54 Å². The SMILES string of the molecule is N#CC1(C(=O)NC[C@@H](O)c2ccc(Cl)cc2Cl)CCCC1. The molecule has 112 valence electrons. The van der Waals surface area contributed by atoms with Crippen molar-refractivity contribution in [2.45, 2.75) is 31.8 Å². The first kappa shape index (κ1) is 16.1. The Bertz CT molecular complexity index is 578. The number of carbonyl (C=O) groups excluding carboxylic acids is 1. The highest BCUT2D eigenvalue weighted by atomic mass is 35.5. The van der Waals surface area contributed by atoms with E-state index >= 15 is 0 Å². The first-order chi connectivity index (χ1) is 9.98. The lowest BCUT2D eigenvalue weighted by Gasteiger charge is -2.21. The summed E-state index contributed by atoms with van der Waals surface area (Å²) in [6.07, 6.45) is 1.98. The highest BCUT2D eigenvalue weighted by molar-refractivity contribution is 6.35. The van der Waals surface area contributed by atoms with Crippen LogP contribution in [0.4, 0.5) is 0 Å². The third kappa shape index (κ3) is 3.49. The third-order valence-electron chi connectivity index (χ3n) is 3.88. The van der Waals surface area contributed by atoms with E-state index in [1.54, 1.807) is 12.1 Å². The van der Waals surface area contributed by atoms with E-state index in [0.717, 1.165) is 12.8 Å². The summed E-state index contributed by atoms with van der Waals surface area (Å²) in [5.74, 6) is -0.313. The van der Waals surface area contributed by atoms with E-state index in [1.165, 1.54) is 6.07 Å². The van der Waals surface area contributed by atoms with Gasteiger partial charge in [-0.05, 0) is 25.0 Å². The quantitative estimate of drug-likeness (QED) is 0.892. The molecule has 1 aromatic carbocycles. The minimum Gasteiger partial charge on any atom is -0.387 e. The molecule has 6 heteroatoms. The second-order valence-corrected chi connectivity index (χ2v) is 6.14. The highest BCUT2D eigenvalue weighted by Gasteiger charge is 2.41. The smallest absolute Gasteiger partial charge is 0.240 e. The number of benzene rings is 1. The molecule has 0 spiro atoms. The van der Waals surface area contributed by atoms with Crippen LogP contribution in [0.5, 0.6) is 0 Å². The Morgan fingerprint density at radius 3 is 2.67 bits per heavy atom. The molecular weight excluding hydrogens is 311 g/mol. The maximum Gasteiger partial charge on any atom is 0.240 e. The van der Waals surface area contributed by atoms with E-state index < -0.39 is 11.5 Å². The van der Waals surface area contributed by atoms with Gasteiger partial charge in [-0.3, -0.25) is 4.79 Å². The summed E-state index contributed by atoms with van der Waals surface area (Å²) >= 11 is 11.8. The summed E-state index contributed by atoms with van der Waals surface area (Å²) in [4.78, 5) is 12.2. The zero-order valence-electron chi connectivity index (χ0n) is 11.4. The fourth-order valence-corrected chi connectivity index (χ4v) is 3.14.